The highest BCUT2D eigenvalue weighted by molar-refractivity contribution is 7.99. The SMILES string of the molecule is Cc1ccc(SCCC(=O)N/N=C/c2ccc(OCC(=O)Nc3cccc(Cl)c3)cc2)cc1. The van der Waals surface area contributed by atoms with Gasteiger partial charge < -0.3 is 10.1 Å². The summed E-state index contributed by atoms with van der Waals surface area (Å²) in [5.74, 6) is 0.801. The summed E-state index contributed by atoms with van der Waals surface area (Å²) in [6.07, 6.45) is 1.93. The molecule has 2 N–H and O–H groups in total. The summed E-state index contributed by atoms with van der Waals surface area (Å²) in [7, 11) is 0. The summed E-state index contributed by atoms with van der Waals surface area (Å²) in [5, 5.41) is 7.25. The fraction of sp³-hybridized carbons (Fsp3) is 0.160. The van der Waals surface area contributed by atoms with E-state index in [4.69, 9.17) is 16.3 Å². The van der Waals surface area contributed by atoms with Gasteiger partial charge >= 0.3 is 0 Å². The molecule has 33 heavy (non-hydrogen) atoms. The van der Waals surface area contributed by atoms with Crippen LogP contribution in [-0.2, 0) is 9.59 Å². The Morgan fingerprint density at radius 2 is 1.79 bits per heavy atom. The lowest BCUT2D eigenvalue weighted by Crippen LogP contribution is -2.20. The van der Waals surface area contributed by atoms with Crippen LogP contribution >= 0.6 is 23.4 Å². The van der Waals surface area contributed by atoms with Gasteiger partial charge in [-0.2, -0.15) is 5.10 Å². The van der Waals surface area contributed by atoms with E-state index in [1.54, 1.807) is 66.5 Å². The highest BCUT2D eigenvalue weighted by Crippen LogP contribution is 2.19. The van der Waals surface area contributed by atoms with Gasteiger partial charge in [-0.15, -0.1) is 11.8 Å². The van der Waals surface area contributed by atoms with Gasteiger partial charge in [-0.05, 0) is 67.1 Å². The van der Waals surface area contributed by atoms with Crippen molar-refractivity contribution in [1.29, 1.82) is 0 Å². The fourth-order valence-corrected chi connectivity index (χ4v) is 3.74. The van der Waals surface area contributed by atoms with Crippen LogP contribution in [0.4, 0.5) is 5.69 Å². The number of amides is 2. The van der Waals surface area contributed by atoms with Crippen LogP contribution in [0.25, 0.3) is 0 Å². The number of nitrogens with zero attached hydrogens (tertiary/aromatic N) is 1. The molecule has 0 aliphatic rings. The van der Waals surface area contributed by atoms with E-state index in [2.05, 4.69) is 40.1 Å². The molecule has 3 aromatic carbocycles. The van der Waals surface area contributed by atoms with Gasteiger partial charge in [-0.25, -0.2) is 5.43 Å². The normalized spacial score (nSPS) is 10.7. The Morgan fingerprint density at radius 1 is 1.03 bits per heavy atom. The van der Waals surface area contributed by atoms with Crippen molar-refractivity contribution in [2.45, 2.75) is 18.2 Å². The second kappa shape index (κ2) is 12.7. The van der Waals surface area contributed by atoms with Crippen LogP contribution < -0.4 is 15.5 Å². The molecular weight excluding hydrogens is 458 g/mol. The number of benzene rings is 3. The summed E-state index contributed by atoms with van der Waals surface area (Å²) in [4.78, 5) is 25.1. The Balaban J connectivity index is 1.35. The Hall–Kier alpha value is -3.29. The van der Waals surface area contributed by atoms with Crippen molar-refractivity contribution in [3.8, 4) is 5.75 Å². The van der Waals surface area contributed by atoms with Gasteiger partial charge in [-0.1, -0.05) is 35.4 Å². The van der Waals surface area contributed by atoms with Crippen LogP contribution in [0, 0.1) is 6.92 Å². The first-order valence-corrected chi connectivity index (χ1v) is 11.6. The standard InChI is InChI=1S/C25H24ClN3O3S/c1-18-5-11-23(12-6-18)33-14-13-24(30)29-27-16-19-7-9-22(10-8-19)32-17-25(31)28-21-4-2-3-20(26)15-21/h2-12,15-16H,13-14,17H2,1H3,(H,28,31)(H,29,30)/b27-16+. The van der Waals surface area contributed by atoms with Crippen molar-refractivity contribution in [1.82, 2.24) is 5.43 Å². The molecule has 2 amide bonds. The Labute approximate surface area is 202 Å². The van der Waals surface area contributed by atoms with Crippen LogP contribution in [0.15, 0.2) is 82.8 Å². The topological polar surface area (TPSA) is 79.8 Å². The highest BCUT2D eigenvalue weighted by Gasteiger charge is 2.05. The van der Waals surface area contributed by atoms with Gasteiger partial charge in [0.25, 0.3) is 5.91 Å². The van der Waals surface area contributed by atoms with Gasteiger partial charge in [0.15, 0.2) is 6.61 Å². The lowest BCUT2D eigenvalue weighted by molar-refractivity contribution is -0.120. The molecule has 3 aromatic rings. The number of carbonyl (C=O) groups excluding carboxylic acids is 2. The van der Waals surface area contributed by atoms with Crippen molar-refractivity contribution in [3.05, 3.63) is 88.9 Å². The second-order valence-corrected chi connectivity index (χ2v) is 8.73. The predicted molar refractivity (Wildman–Crippen MR) is 134 cm³/mol. The largest absolute Gasteiger partial charge is 0.484 e. The Morgan fingerprint density at radius 3 is 2.52 bits per heavy atom. The molecule has 0 bridgehead atoms. The molecular formula is C25H24ClN3O3S. The number of hydrogen-bond donors (Lipinski definition) is 2. The maximum Gasteiger partial charge on any atom is 0.262 e. The first kappa shape index (κ1) is 24.4. The lowest BCUT2D eigenvalue weighted by Gasteiger charge is -2.08. The number of anilines is 1. The monoisotopic (exact) mass is 481 g/mol. The van der Waals surface area contributed by atoms with Crippen molar-refractivity contribution >= 4 is 47.1 Å². The van der Waals surface area contributed by atoms with E-state index in [-0.39, 0.29) is 18.4 Å². The minimum atomic E-state index is -0.286. The number of rotatable bonds is 10. The van der Waals surface area contributed by atoms with E-state index in [0.29, 0.717) is 28.6 Å². The fourth-order valence-electron chi connectivity index (χ4n) is 2.69. The summed E-state index contributed by atoms with van der Waals surface area (Å²) in [6.45, 7) is 1.92. The van der Waals surface area contributed by atoms with E-state index in [1.165, 1.54) is 5.56 Å². The third-order valence-electron chi connectivity index (χ3n) is 4.38. The van der Waals surface area contributed by atoms with Gasteiger partial charge in [-0.3, -0.25) is 9.59 Å². The number of ether oxygens (including phenoxy) is 1. The molecule has 0 spiro atoms. The quantitative estimate of drug-likeness (QED) is 0.234. The van der Waals surface area contributed by atoms with Gasteiger partial charge in [0.05, 0.1) is 6.21 Å². The molecule has 170 valence electrons. The van der Waals surface area contributed by atoms with Crippen molar-refractivity contribution in [2.75, 3.05) is 17.7 Å². The van der Waals surface area contributed by atoms with E-state index in [9.17, 15) is 9.59 Å². The number of thioether (sulfide) groups is 1. The molecule has 0 saturated heterocycles. The predicted octanol–water partition coefficient (Wildman–Crippen LogP) is 5.30. The third kappa shape index (κ3) is 9.00. The minimum absolute atomic E-state index is 0.128. The molecule has 0 fully saturated rings. The van der Waals surface area contributed by atoms with Crippen LogP contribution in [0.3, 0.4) is 0 Å². The number of hydrazone groups is 1. The lowest BCUT2D eigenvalue weighted by atomic mass is 10.2. The van der Waals surface area contributed by atoms with E-state index < -0.39 is 0 Å². The number of nitrogens with one attached hydrogen (secondary N) is 2. The summed E-state index contributed by atoms with van der Waals surface area (Å²) in [5.41, 5.74) is 5.15. The van der Waals surface area contributed by atoms with Gasteiger partial charge in [0, 0.05) is 27.8 Å². The molecule has 3 rings (SSSR count). The molecule has 0 radical (unpaired) electrons. The van der Waals surface area contributed by atoms with Gasteiger partial charge in [0.2, 0.25) is 5.91 Å². The maximum absolute atomic E-state index is 12.0. The number of halogens is 1. The molecule has 0 saturated carbocycles. The highest BCUT2D eigenvalue weighted by atomic mass is 35.5. The number of carbonyl (C=O) groups is 2. The number of aryl methyl sites for hydroxylation is 1. The van der Waals surface area contributed by atoms with Crippen molar-refractivity contribution < 1.29 is 14.3 Å². The maximum atomic E-state index is 12.0. The van der Waals surface area contributed by atoms with Crippen molar-refractivity contribution in [3.63, 3.8) is 0 Å². The zero-order valence-corrected chi connectivity index (χ0v) is 19.7. The summed E-state index contributed by atoms with van der Waals surface area (Å²) in [6, 6.07) is 22.1. The molecule has 0 unspecified atom stereocenters. The average Bonchev–Trinajstić information content (AvgIpc) is 2.80. The van der Waals surface area contributed by atoms with E-state index in [0.717, 1.165) is 10.5 Å². The first-order valence-electron chi connectivity index (χ1n) is 10.3. The Bertz CT molecular complexity index is 1100. The van der Waals surface area contributed by atoms with E-state index >= 15 is 0 Å². The van der Waals surface area contributed by atoms with Crippen molar-refractivity contribution in [2.24, 2.45) is 5.10 Å². The minimum Gasteiger partial charge on any atom is -0.484 e. The summed E-state index contributed by atoms with van der Waals surface area (Å²) >= 11 is 7.54. The number of hydrogen-bond acceptors (Lipinski definition) is 5. The molecule has 0 heterocycles. The first-order chi connectivity index (χ1) is 16.0. The molecule has 8 heteroatoms. The van der Waals surface area contributed by atoms with Crippen LogP contribution in [0.2, 0.25) is 5.02 Å². The average molecular weight is 482 g/mol. The molecule has 6 nitrogen and oxygen atoms in total. The molecule has 0 aliphatic carbocycles. The molecule has 0 aliphatic heterocycles. The summed E-state index contributed by atoms with van der Waals surface area (Å²) < 4.78 is 5.49. The zero-order chi connectivity index (χ0) is 23.5. The zero-order valence-electron chi connectivity index (χ0n) is 18.1. The van der Waals surface area contributed by atoms with Gasteiger partial charge in [0.1, 0.15) is 5.75 Å². The molecule has 0 aromatic heterocycles. The van der Waals surface area contributed by atoms with Crippen LogP contribution in [-0.4, -0.2) is 30.4 Å². The Kier molecular flexibility index (Phi) is 9.35. The second-order valence-electron chi connectivity index (χ2n) is 7.12. The van der Waals surface area contributed by atoms with E-state index in [1.807, 2.05) is 6.92 Å². The third-order valence-corrected chi connectivity index (χ3v) is 5.63. The smallest absolute Gasteiger partial charge is 0.262 e. The molecule has 0 atom stereocenters. The van der Waals surface area contributed by atoms with Crippen LogP contribution in [0.5, 0.6) is 5.75 Å². The van der Waals surface area contributed by atoms with Crippen LogP contribution in [0.1, 0.15) is 17.5 Å².